The van der Waals surface area contributed by atoms with E-state index < -0.39 is 0 Å². The van der Waals surface area contributed by atoms with Gasteiger partial charge in [-0.3, -0.25) is 0 Å². The zero-order valence-corrected chi connectivity index (χ0v) is 12.0. The fraction of sp³-hybridized carbons (Fsp3) is 0.571. The third kappa shape index (κ3) is 6.15. The van der Waals surface area contributed by atoms with Crippen LogP contribution in [0, 0.1) is 5.82 Å². The molecular formula is C14H27FN2. The zero-order chi connectivity index (χ0) is 13.8. The van der Waals surface area contributed by atoms with Crippen LogP contribution in [0.1, 0.15) is 41.5 Å². The van der Waals surface area contributed by atoms with Gasteiger partial charge in [0.05, 0.1) is 5.69 Å². The molecule has 0 radical (unpaired) electrons. The van der Waals surface area contributed by atoms with Crippen LogP contribution in [0.25, 0.3) is 0 Å². The van der Waals surface area contributed by atoms with E-state index >= 15 is 0 Å². The van der Waals surface area contributed by atoms with Crippen molar-refractivity contribution in [1.82, 2.24) is 0 Å². The topological polar surface area (TPSA) is 29.3 Å². The lowest BCUT2D eigenvalue weighted by atomic mass is 10.2. The highest BCUT2D eigenvalue weighted by atomic mass is 19.1. The Morgan fingerprint density at radius 3 is 1.88 bits per heavy atom. The van der Waals surface area contributed by atoms with E-state index in [4.69, 9.17) is 5.73 Å². The van der Waals surface area contributed by atoms with Crippen LogP contribution in [0.5, 0.6) is 0 Å². The van der Waals surface area contributed by atoms with Crippen LogP contribution in [0.4, 0.5) is 15.8 Å². The maximum absolute atomic E-state index is 13.4. The molecule has 0 amide bonds. The predicted octanol–water partition coefficient (Wildman–Crippen LogP) is 4.31. The number of halogens is 1. The van der Waals surface area contributed by atoms with E-state index in [0.29, 0.717) is 11.4 Å². The molecule has 0 fully saturated rings. The number of hydrogen-bond acceptors (Lipinski definition) is 2. The molecule has 0 saturated heterocycles. The second kappa shape index (κ2) is 11.2. The standard InChI is InChI=1S/C10H15FN2.2C2H6/c1-3-13(4-2)10-6-5-8(12)7-9(10)11;2*1-2/h5-7H,3-4,12H2,1-2H3;2*1-2H3. The van der Waals surface area contributed by atoms with Crippen LogP contribution in [-0.4, -0.2) is 13.1 Å². The lowest BCUT2D eigenvalue weighted by Gasteiger charge is -2.21. The highest BCUT2D eigenvalue weighted by Crippen LogP contribution is 2.20. The average molecular weight is 242 g/mol. The third-order valence-electron chi connectivity index (χ3n) is 2.08. The van der Waals surface area contributed by atoms with Gasteiger partial charge in [0, 0.05) is 18.8 Å². The summed E-state index contributed by atoms with van der Waals surface area (Å²) in [6.07, 6.45) is 0. The van der Waals surface area contributed by atoms with Crippen LogP contribution in [-0.2, 0) is 0 Å². The molecule has 0 atom stereocenters. The van der Waals surface area contributed by atoms with E-state index in [1.54, 1.807) is 12.1 Å². The van der Waals surface area contributed by atoms with E-state index in [9.17, 15) is 4.39 Å². The number of nitrogens with two attached hydrogens (primary N) is 1. The minimum Gasteiger partial charge on any atom is -0.399 e. The summed E-state index contributed by atoms with van der Waals surface area (Å²) >= 11 is 0. The van der Waals surface area contributed by atoms with Crippen molar-refractivity contribution in [3.05, 3.63) is 24.0 Å². The minimum absolute atomic E-state index is 0.247. The zero-order valence-electron chi connectivity index (χ0n) is 12.0. The van der Waals surface area contributed by atoms with Crippen molar-refractivity contribution >= 4 is 11.4 Å². The molecule has 0 aliphatic rings. The van der Waals surface area contributed by atoms with Crippen molar-refractivity contribution in [3.8, 4) is 0 Å². The largest absolute Gasteiger partial charge is 0.399 e. The van der Waals surface area contributed by atoms with Crippen molar-refractivity contribution in [2.45, 2.75) is 41.5 Å². The average Bonchev–Trinajstić information content (AvgIpc) is 2.38. The normalized spacial score (nSPS) is 8.41. The molecule has 0 unspecified atom stereocenters. The number of nitrogens with zero attached hydrogens (tertiary/aromatic N) is 1. The molecule has 0 aliphatic heterocycles. The van der Waals surface area contributed by atoms with Gasteiger partial charge in [0.15, 0.2) is 0 Å². The summed E-state index contributed by atoms with van der Waals surface area (Å²) in [6.45, 7) is 13.6. The molecule has 3 heteroatoms. The van der Waals surface area contributed by atoms with E-state index in [1.807, 2.05) is 46.4 Å². The van der Waals surface area contributed by atoms with Gasteiger partial charge in [0.25, 0.3) is 0 Å². The van der Waals surface area contributed by atoms with Gasteiger partial charge in [-0.05, 0) is 32.0 Å². The maximum Gasteiger partial charge on any atom is 0.148 e. The minimum atomic E-state index is -0.247. The molecule has 1 aromatic rings. The van der Waals surface area contributed by atoms with Crippen molar-refractivity contribution in [2.75, 3.05) is 23.7 Å². The molecule has 2 nitrogen and oxygen atoms in total. The van der Waals surface area contributed by atoms with Crippen LogP contribution in [0.3, 0.4) is 0 Å². The van der Waals surface area contributed by atoms with Crippen molar-refractivity contribution < 1.29 is 4.39 Å². The van der Waals surface area contributed by atoms with Gasteiger partial charge in [-0.15, -0.1) is 0 Å². The molecule has 100 valence electrons. The first kappa shape index (κ1) is 18.1. The Balaban J connectivity index is 0. The van der Waals surface area contributed by atoms with E-state index in [2.05, 4.69) is 0 Å². The quantitative estimate of drug-likeness (QED) is 0.800. The van der Waals surface area contributed by atoms with Gasteiger partial charge < -0.3 is 10.6 Å². The van der Waals surface area contributed by atoms with Crippen LogP contribution < -0.4 is 10.6 Å². The lowest BCUT2D eigenvalue weighted by molar-refractivity contribution is 0.620. The molecule has 0 spiro atoms. The summed E-state index contributed by atoms with van der Waals surface area (Å²) in [5.41, 5.74) is 6.54. The number of rotatable bonds is 3. The predicted molar refractivity (Wildman–Crippen MR) is 77.1 cm³/mol. The number of anilines is 2. The smallest absolute Gasteiger partial charge is 0.148 e. The molecule has 17 heavy (non-hydrogen) atoms. The fourth-order valence-electron chi connectivity index (χ4n) is 1.34. The van der Waals surface area contributed by atoms with Gasteiger partial charge >= 0.3 is 0 Å². The highest BCUT2D eigenvalue weighted by Gasteiger charge is 2.07. The van der Waals surface area contributed by atoms with Gasteiger partial charge in [0.2, 0.25) is 0 Å². The lowest BCUT2D eigenvalue weighted by Crippen LogP contribution is -2.22. The number of benzene rings is 1. The molecule has 0 heterocycles. The summed E-state index contributed by atoms with van der Waals surface area (Å²) in [6, 6.07) is 4.79. The first-order valence-electron chi connectivity index (χ1n) is 6.49. The summed E-state index contributed by atoms with van der Waals surface area (Å²) in [7, 11) is 0. The SMILES string of the molecule is CC.CC.CCN(CC)c1ccc(N)cc1F. The Bertz CT molecular complexity index is 284. The second-order valence-corrected chi connectivity index (χ2v) is 2.88. The molecular weight excluding hydrogens is 215 g/mol. The van der Waals surface area contributed by atoms with Gasteiger partial charge in [-0.2, -0.15) is 0 Å². The van der Waals surface area contributed by atoms with Crippen molar-refractivity contribution in [3.63, 3.8) is 0 Å². The third-order valence-corrected chi connectivity index (χ3v) is 2.08. The molecule has 0 aromatic heterocycles. The van der Waals surface area contributed by atoms with Gasteiger partial charge in [-0.1, -0.05) is 27.7 Å². The Morgan fingerprint density at radius 1 is 1.06 bits per heavy atom. The number of hydrogen-bond donors (Lipinski definition) is 1. The Labute approximate surface area is 106 Å². The fourth-order valence-corrected chi connectivity index (χ4v) is 1.34. The van der Waals surface area contributed by atoms with Crippen molar-refractivity contribution in [1.29, 1.82) is 0 Å². The first-order valence-corrected chi connectivity index (χ1v) is 6.49. The summed E-state index contributed by atoms with van der Waals surface area (Å²) < 4.78 is 13.4. The first-order chi connectivity index (χ1) is 8.19. The number of nitrogen functional groups attached to an aromatic ring is 1. The molecule has 1 aromatic carbocycles. The molecule has 0 saturated carbocycles. The summed E-state index contributed by atoms with van der Waals surface area (Å²) in [5, 5.41) is 0. The second-order valence-electron chi connectivity index (χ2n) is 2.88. The van der Waals surface area contributed by atoms with E-state index in [0.717, 1.165) is 13.1 Å². The van der Waals surface area contributed by atoms with Gasteiger partial charge in [-0.25, -0.2) is 4.39 Å². The molecule has 1 rings (SSSR count). The monoisotopic (exact) mass is 242 g/mol. The van der Waals surface area contributed by atoms with Crippen molar-refractivity contribution in [2.24, 2.45) is 0 Å². The Kier molecular flexibility index (Phi) is 12.0. The molecule has 0 aliphatic carbocycles. The molecule has 2 N–H and O–H groups in total. The van der Waals surface area contributed by atoms with Crippen LogP contribution in [0.15, 0.2) is 18.2 Å². The highest BCUT2D eigenvalue weighted by molar-refractivity contribution is 5.54. The van der Waals surface area contributed by atoms with Gasteiger partial charge in [0.1, 0.15) is 5.82 Å². The Morgan fingerprint density at radius 2 is 1.53 bits per heavy atom. The molecule has 0 bridgehead atoms. The van der Waals surface area contributed by atoms with E-state index in [1.165, 1.54) is 6.07 Å². The van der Waals surface area contributed by atoms with Crippen LogP contribution >= 0.6 is 0 Å². The van der Waals surface area contributed by atoms with E-state index in [-0.39, 0.29) is 5.82 Å². The summed E-state index contributed by atoms with van der Waals surface area (Å²) in [4.78, 5) is 1.95. The van der Waals surface area contributed by atoms with Crippen LogP contribution in [0.2, 0.25) is 0 Å². The maximum atomic E-state index is 13.4. The Hall–Kier alpha value is -1.25. The summed E-state index contributed by atoms with van der Waals surface area (Å²) in [5.74, 6) is -0.247.